The van der Waals surface area contributed by atoms with Gasteiger partial charge in [0.2, 0.25) is 11.8 Å². The van der Waals surface area contributed by atoms with Gasteiger partial charge in [-0.1, -0.05) is 6.92 Å². The van der Waals surface area contributed by atoms with Crippen molar-refractivity contribution in [3.63, 3.8) is 0 Å². The Labute approximate surface area is 115 Å². The van der Waals surface area contributed by atoms with Crippen LogP contribution in [0.15, 0.2) is 6.20 Å². The first-order chi connectivity index (χ1) is 9.49. The van der Waals surface area contributed by atoms with Crippen LogP contribution in [0.25, 0.3) is 0 Å². The summed E-state index contributed by atoms with van der Waals surface area (Å²) in [6.07, 6.45) is 1.81. The maximum Gasteiger partial charge on any atom is 0.275 e. The van der Waals surface area contributed by atoms with Crippen molar-refractivity contribution < 1.29 is 14.4 Å². The average Bonchev–Trinajstić information content (AvgIpc) is 2.78. The van der Waals surface area contributed by atoms with Gasteiger partial charge in [0.1, 0.15) is 18.3 Å². The second-order valence-corrected chi connectivity index (χ2v) is 4.53. The summed E-state index contributed by atoms with van der Waals surface area (Å²) in [5.41, 5.74) is 6.22. The Bertz CT molecular complexity index is 565. The van der Waals surface area contributed by atoms with Gasteiger partial charge < -0.3 is 10.6 Å². The molecule has 0 aromatic carbocycles. The van der Waals surface area contributed by atoms with Gasteiger partial charge in [-0.25, -0.2) is 0 Å². The highest BCUT2D eigenvalue weighted by atomic mass is 16.2. The van der Waals surface area contributed by atoms with Crippen molar-refractivity contribution in [1.82, 2.24) is 20.0 Å². The minimum Gasteiger partial charge on any atom is -0.396 e. The number of nitrogens with zero attached hydrogens (tertiary/aromatic N) is 3. The number of amides is 3. The normalized spacial score (nSPS) is 19.1. The van der Waals surface area contributed by atoms with Gasteiger partial charge in [0, 0.05) is 6.54 Å². The van der Waals surface area contributed by atoms with Gasteiger partial charge >= 0.3 is 0 Å². The van der Waals surface area contributed by atoms with E-state index in [1.165, 1.54) is 15.8 Å². The summed E-state index contributed by atoms with van der Waals surface area (Å²) in [5, 5.41) is 6.23. The number of carbonyl (C=O) groups excluding carboxylic acids is 3. The third-order valence-corrected chi connectivity index (χ3v) is 3.27. The fourth-order valence-electron chi connectivity index (χ4n) is 2.30. The summed E-state index contributed by atoms with van der Waals surface area (Å²) in [6, 6.07) is -0.667. The summed E-state index contributed by atoms with van der Waals surface area (Å²) in [5.74, 6) is -1.40. The number of aromatic nitrogens is 2. The molecule has 0 radical (unpaired) electrons. The Morgan fingerprint density at radius 3 is 2.80 bits per heavy atom. The zero-order valence-electron chi connectivity index (χ0n) is 11.4. The minimum atomic E-state index is -0.667. The van der Waals surface area contributed by atoms with E-state index in [9.17, 15) is 14.4 Å². The van der Waals surface area contributed by atoms with Gasteiger partial charge in [-0.05, 0) is 13.3 Å². The predicted octanol–water partition coefficient (Wildman–Crippen LogP) is -0.638. The van der Waals surface area contributed by atoms with Crippen molar-refractivity contribution in [2.45, 2.75) is 32.9 Å². The fraction of sp³-hybridized carbons (Fsp3) is 0.500. The summed E-state index contributed by atoms with van der Waals surface area (Å²) in [6.45, 7) is 3.93. The van der Waals surface area contributed by atoms with Crippen molar-refractivity contribution in [2.24, 2.45) is 0 Å². The van der Waals surface area contributed by atoms with Crippen molar-refractivity contribution >= 4 is 23.4 Å². The first kappa shape index (κ1) is 14.0. The molecule has 0 spiro atoms. The number of piperazine rings is 1. The molecule has 1 aromatic rings. The lowest BCUT2D eigenvalue weighted by Crippen LogP contribution is -2.59. The van der Waals surface area contributed by atoms with E-state index >= 15 is 0 Å². The highest BCUT2D eigenvalue weighted by Gasteiger charge is 2.37. The molecule has 1 atom stereocenters. The molecular weight excluding hydrogens is 262 g/mol. The van der Waals surface area contributed by atoms with Crippen LogP contribution in [0.1, 0.15) is 30.8 Å². The first-order valence-corrected chi connectivity index (χ1v) is 6.45. The number of hydrogen-bond acceptors (Lipinski definition) is 5. The first-order valence-electron chi connectivity index (χ1n) is 6.45. The molecule has 1 aliphatic heterocycles. The van der Waals surface area contributed by atoms with E-state index < -0.39 is 23.8 Å². The SMILES string of the molecule is CCC1C(=O)NC(=O)CN1C(=O)c1c(N)cnn1CC. The quantitative estimate of drug-likeness (QED) is 0.715. The topological polar surface area (TPSA) is 110 Å². The summed E-state index contributed by atoms with van der Waals surface area (Å²) >= 11 is 0. The molecular formula is C12H17N5O3. The van der Waals surface area contributed by atoms with Crippen LogP contribution < -0.4 is 11.1 Å². The zero-order valence-corrected chi connectivity index (χ0v) is 11.4. The van der Waals surface area contributed by atoms with E-state index in [1.807, 2.05) is 6.92 Å². The molecule has 0 saturated carbocycles. The molecule has 1 saturated heterocycles. The zero-order chi connectivity index (χ0) is 14.9. The van der Waals surface area contributed by atoms with Crippen LogP contribution in [0.5, 0.6) is 0 Å². The lowest BCUT2D eigenvalue weighted by Gasteiger charge is -2.33. The molecule has 3 N–H and O–H groups in total. The van der Waals surface area contributed by atoms with Crippen molar-refractivity contribution in [2.75, 3.05) is 12.3 Å². The number of nitrogens with one attached hydrogen (secondary N) is 1. The molecule has 1 fully saturated rings. The number of hydrogen-bond donors (Lipinski definition) is 2. The number of anilines is 1. The van der Waals surface area contributed by atoms with Crippen molar-refractivity contribution in [1.29, 1.82) is 0 Å². The van der Waals surface area contributed by atoms with Crippen LogP contribution in [0, 0.1) is 0 Å². The van der Waals surface area contributed by atoms with Crippen LogP contribution in [0.2, 0.25) is 0 Å². The van der Waals surface area contributed by atoms with Crippen LogP contribution in [0.3, 0.4) is 0 Å². The largest absolute Gasteiger partial charge is 0.396 e. The van der Waals surface area contributed by atoms with E-state index in [0.717, 1.165) is 0 Å². The highest BCUT2D eigenvalue weighted by Crippen LogP contribution is 2.18. The molecule has 2 rings (SSSR count). The highest BCUT2D eigenvalue weighted by molar-refractivity contribution is 6.08. The molecule has 108 valence electrons. The van der Waals surface area contributed by atoms with Gasteiger partial charge in [0.15, 0.2) is 0 Å². The van der Waals surface area contributed by atoms with Gasteiger partial charge in [-0.3, -0.25) is 24.4 Å². The molecule has 1 aliphatic rings. The molecule has 8 nitrogen and oxygen atoms in total. The number of aryl methyl sites for hydroxylation is 1. The molecule has 20 heavy (non-hydrogen) atoms. The van der Waals surface area contributed by atoms with Gasteiger partial charge in [0.05, 0.1) is 11.9 Å². The maximum atomic E-state index is 12.6. The molecule has 8 heteroatoms. The Morgan fingerprint density at radius 1 is 1.50 bits per heavy atom. The maximum absolute atomic E-state index is 12.6. The van der Waals surface area contributed by atoms with Crippen LogP contribution in [-0.4, -0.2) is 45.0 Å². The monoisotopic (exact) mass is 279 g/mol. The summed E-state index contributed by atoms with van der Waals surface area (Å²) in [7, 11) is 0. The minimum absolute atomic E-state index is 0.155. The standard InChI is InChI=1S/C12H17N5O3/c1-3-8-11(19)15-9(18)6-16(8)12(20)10-7(13)5-14-17(10)4-2/h5,8H,3-4,6,13H2,1-2H3,(H,15,18,19). The number of rotatable bonds is 3. The predicted molar refractivity (Wildman–Crippen MR) is 70.6 cm³/mol. The molecule has 3 amide bonds. The van der Waals surface area contributed by atoms with E-state index in [0.29, 0.717) is 13.0 Å². The number of nitrogens with two attached hydrogens (primary N) is 1. The summed E-state index contributed by atoms with van der Waals surface area (Å²) in [4.78, 5) is 37.1. The molecule has 1 aromatic heterocycles. The lowest BCUT2D eigenvalue weighted by molar-refractivity contribution is -0.138. The van der Waals surface area contributed by atoms with E-state index in [1.54, 1.807) is 6.92 Å². The Balaban J connectivity index is 2.37. The number of nitrogen functional groups attached to an aromatic ring is 1. The third-order valence-electron chi connectivity index (χ3n) is 3.27. The van der Waals surface area contributed by atoms with Crippen molar-refractivity contribution in [3.05, 3.63) is 11.9 Å². The molecule has 1 unspecified atom stereocenters. The second-order valence-electron chi connectivity index (χ2n) is 4.53. The van der Waals surface area contributed by atoms with Crippen LogP contribution in [-0.2, 0) is 16.1 Å². The number of imide groups is 1. The average molecular weight is 279 g/mol. The summed E-state index contributed by atoms with van der Waals surface area (Å²) < 4.78 is 1.46. The van der Waals surface area contributed by atoms with Gasteiger partial charge in [-0.15, -0.1) is 0 Å². The van der Waals surface area contributed by atoms with E-state index in [2.05, 4.69) is 10.4 Å². The van der Waals surface area contributed by atoms with E-state index in [4.69, 9.17) is 5.73 Å². The van der Waals surface area contributed by atoms with Crippen molar-refractivity contribution in [3.8, 4) is 0 Å². The molecule has 0 bridgehead atoms. The van der Waals surface area contributed by atoms with Gasteiger partial charge in [-0.2, -0.15) is 5.10 Å². The van der Waals surface area contributed by atoms with Crippen LogP contribution in [0.4, 0.5) is 5.69 Å². The molecule has 0 aliphatic carbocycles. The van der Waals surface area contributed by atoms with E-state index in [-0.39, 0.29) is 17.9 Å². The smallest absolute Gasteiger partial charge is 0.275 e. The van der Waals surface area contributed by atoms with Gasteiger partial charge in [0.25, 0.3) is 5.91 Å². The second kappa shape index (κ2) is 5.32. The van der Waals surface area contributed by atoms with Crippen LogP contribution >= 0.6 is 0 Å². The number of carbonyl (C=O) groups is 3. The molecule has 2 heterocycles. The Hall–Kier alpha value is -2.38. The lowest BCUT2D eigenvalue weighted by atomic mass is 10.1. The third kappa shape index (κ3) is 2.24. The fourth-order valence-corrected chi connectivity index (χ4v) is 2.30. The Kier molecular flexibility index (Phi) is 3.73. The Morgan fingerprint density at radius 2 is 2.20 bits per heavy atom.